The molecule has 0 bridgehead atoms. The third-order valence-corrected chi connectivity index (χ3v) is 8.75. The number of hydrogen-bond donors (Lipinski definition) is 1. The van der Waals surface area contributed by atoms with Crippen LogP contribution in [0.2, 0.25) is 5.28 Å². The second-order valence-electron chi connectivity index (χ2n) is 10.2. The molecule has 1 N–H and O–H groups in total. The fraction of sp³-hybridized carbons (Fsp3) is 0.556. The van der Waals surface area contributed by atoms with Crippen molar-refractivity contribution in [1.82, 2.24) is 14.5 Å². The van der Waals surface area contributed by atoms with Crippen LogP contribution in [-0.4, -0.2) is 64.8 Å². The lowest BCUT2D eigenvalue weighted by atomic mass is 10.1. The van der Waals surface area contributed by atoms with E-state index in [2.05, 4.69) is 34.3 Å². The number of fused-ring (bicyclic) bond motifs is 2. The Morgan fingerprint density at radius 2 is 1.80 bits per heavy atom. The van der Waals surface area contributed by atoms with Crippen molar-refractivity contribution in [3.05, 3.63) is 53.4 Å². The summed E-state index contributed by atoms with van der Waals surface area (Å²) in [5.41, 5.74) is 1.71. The molecule has 2 aromatic heterocycles. The van der Waals surface area contributed by atoms with E-state index >= 15 is 0 Å². The molecule has 4 heterocycles. The van der Waals surface area contributed by atoms with Crippen LogP contribution in [-0.2, 0) is 32.6 Å². The number of aromatic nitrogens is 3. The fourth-order valence-corrected chi connectivity index (χ4v) is 6.66. The van der Waals surface area contributed by atoms with Crippen molar-refractivity contribution < 1.29 is 32.6 Å². The van der Waals surface area contributed by atoms with Gasteiger partial charge in [0.05, 0.1) is 25.2 Å². The summed E-state index contributed by atoms with van der Waals surface area (Å²) in [5.74, 6) is -0.208. The summed E-state index contributed by atoms with van der Waals surface area (Å²) in [5, 5.41) is 4.36. The number of anilines is 1. The quantitative estimate of drug-likeness (QED) is 0.200. The average Bonchev–Trinajstić information content (AvgIpc) is 3.56. The van der Waals surface area contributed by atoms with Gasteiger partial charge in [-0.15, -0.1) is 0 Å². The van der Waals surface area contributed by atoms with Gasteiger partial charge in [-0.2, -0.15) is 4.98 Å². The highest BCUT2D eigenvalue weighted by Crippen LogP contribution is 2.49. The highest BCUT2D eigenvalue weighted by atomic mass is 35.5. The lowest BCUT2D eigenvalue weighted by molar-refractivity contribution is -0.201. The SMILES string of the molecule is CCOP(=O)(COC[C@H]1O[C@@H](n2ccc3c(N[C@H](C)c4ccccc4)nc(Cl)nc32)[C@@H]2OC(C)(C)O[C@@H]21)OCC. The van der Waals surface area contributed by atoms with Crippen LogP contribution < -0.4 is 5.32 Å². The van der Waals surface area contributed by atoms with E-state index < -0.39 is 37.9 Å². The third-order valence-electron chi connectivity index (χ3n) is 6.78. The van der Waals surface area contributed by atoms with Crippen LogP contribution in [0.1, 0.15) is 52.5 Å². The molecule has 218 valence electrons. The Bertz CT molecular complexity index is 1350. The first-order valence-corrected chi connectivity index (χ1v) is 15.6. The minimum atomic E-state index is -3.36. The first-order chi connectivity index (χ1) is 19.1. The van der Waals surface area contributed by atoms with Gasteiger partial charge in [0.1, 0.15) is 36.1 Å². The molecule has 3 aromatic rings. The molecule has 0 spiro atoms. The summed E-state index contributed by atoms with van der Waals surface area (Å²) in [7, 11) is -3.36. The van der Waals surface area contributed by atoms with E-state index in [1.165, 1.54) is 0 Å². The van der Waals surface area contributed by atoms with Gasteiger partial charge in [-0.3, -0.25) is 4.57 Å². The molecule has 0 saturated carbocycles. The van der Waals surface area contributed by atoms with Crippen LogP contribution in [0.5, 0.6) is 0 Å². The fourth-order valence-electron chi connectivity index (χ4n) is 5.16. The summed E-state index contributed by atoms with van der Waals surface area (Å²) >= 11 is 6.39. The molecule has 2 aliphatic rings. The zero-order chi connectivity index (χ0) is 28.5. The molecule has 2 saturated heterocycles. The highest BCUT2D eigenvalue weighted by molar-refractivity contribution is 7.53. The second kappa shape index (κ2) is 12.0. The molecule has 2 fully saturated rings. The van der Waals surface area contributed by atoms with Crippen LogP contribution in [0.15, 0.2) is 42.6 Å². The van der Waals surface area contributed by atoms with E-state index in [0.29, 0.717) is 11.5 Å². The lowest BCUT2D eigenvalue weighted by Gasteiger charge is -2.25. The van der Waals surface area contributed by atoms with E-state index in [1.54, 1.807) is 13.8 Å². The number of benzene rings is 1. The molecular weight excluding hydrogens is 559 g/mol. The molecule has 5 atom stereocenters. The van der Waals surface area contributed by atoms with Crippen molar-refractivity contribution >= 4 is 36.0 Å². The van der Waals surface area contributed by atoms with E-state index in [4.69, 9.17) is 39.6 Å². The van der Waals surface area contributed by atoms with Crippen LogP contribution in [0.3, 0.4) is 0 Å². The van der Waals surface area contributed by atoms with Gasteiger partial charge in [-0.25, -0.2) is 4.98 Å². The molecule has 13 heteroatoms. The Kier molecular flexibility index (Phi) is 8.85. The van der Waals surface area contributed by atoms with Gasteiger partial charge in [-0.05, 0) is 57.8 Å². The van der Waals surface area contributed by atoms with E-state index in [0.717, 1.165) is 10.9 Å². The van der Waals surface area contributed by atoms with Gasteiger partial charge in [0.15, 0.2) is 12.0 Å². The second-order valence-corrected chi connectivity index (χ2v) is 12.5. The van der Waals surface area contributed by atoms with Gasteiger partial charge >= 0.3 is 7.60 Å². The maximum absolute atomic E-state index is 12.8. The minimum absolute atomic E-state index is 0.0101. The Hall–Kier alpha value is -2.08. The van der Waals surface area contributed by atoms with E-state index in [-0.39, 0.29) is 37.5 Å². The van der Waals surface area contributed by atoms with Crippen molar-refractivity contribution in [2.45, 2.75) is 71.0 Å². The standard InChI is InChI=1S/C27H36ClN4O7P/c1-6-35-40(33,36-7-2)16-34-15-20-21-22(39-27(4,5)38-21)25(37-20)32-14-13-19-23(30-26(28)31-24(19)32)29-17(3)18-11-9-8-10-12-18/h8-14,17,20-22,25H,6-7,15-16H2,1-5H3,(H,29,30,31)/t17-,20-,21-,22-,25-/m1/s1. The summed E-state index contributed by atoms with van der Waals surface area (Å²) in [6.45, 7) is 9.91. The van der Waals surface area contributed by atoms with Gasteiger partial charge in [0.2, 0.25) is 5.28 Å². The minimum Gasteiger partial charge on any atom is -0.366 e. The third kappa shape index (κ3) is 6.22. The number of rotatable bonds is 12. The monoisotopic (exact) mass is 594 g/mol. The number of hydrogen-bond acceptors (Lipinski definition) is 10. The smallest absolute Gasteiger partial charge is 0.356 e. The molecule has 0 aliphatic carbocycles. The van der Waals surface area contributed by atoms with Crippen LogP contribution in [0, 0.1) is 0 Å². The summed E-state index contributed by atoms with van der Waals surface area (Å²) in [6, 6.07) is 12.0. The summed E-state index contributed by atoms with van der Waals surface area (Å²) < 4.78 is 50.1. The first-order valence-electron chi connectivity index (χ1n) is 13.5. The molecule has 2 aliphatic heterocycles. The Morgan fingerprint density at radius 1 is 1.10 bits per heavy atom. The molecule has 40 heavy (non-hydrogen) atoms. The summed E-state index contributed by atoms with van der Waals surface area (Å²) in [4.78, 5) is 9.00. The molecule has 11 nitrogen and oxygen atoms in total. The molecule has 1 aromatic carbocycles. The topological polar surface area (TPSA) is 115 Å². The van der Waals surface area contributed by atoms with E-state index in [1.807, 2.05) is 48.9 Å². The van der Waals surface area contributed by atoms with Crippen LogP contribution in [0.25, 0.3) is 11.0 Å². The summed E-state index contributed by atoms with van der Waals surface area (Å²) in [6.07, 6.45) is -0.258. The normalized spacial score (nSPS) is 24.9. The van der Waals surface area contributed by atoms with Crippen molar-refractivity contribution in [1.29, 1.82) is 0 Å². The van der Waals surface area contributed by atoms with Crippen LogP contribution >= 0.6 is 19.2 Å². The maximum atomic E-state index is 12.8. The van der Waals surface area contributed by atoms with Crippen LogP contribution in [0.4, 0.5) is 5.82 Å². The van der Waals surface area contributed by atoms with Gasteiger partial charge < -0.3 is 37.9 Å². The van der Waals surface area contributed by atoms with Crippen molar-refractivity contribution in [3.8, 4) is 0 Å². The van der Waals surface area contributed by atoms with Crippen molar-refractivity contribution in [2.75, 3.05) is 31.5 Å². The van der Waals surface area contributed by atoms with Crippen molar-refractivity contribution in [2.24, 2.45) is 0 Å². The Balaban J connectivity index is 1.38. The van der Waals surface area contributed by atoms with Gasteiger partial charge in [0, 0.05) is 12.2 Å². The molecular formula is C27H36ClN4O7P. The van der Waals surface area contributed by atoms with E-state index in [9.17, 15) is 4.57 Å². The largest absolute Gasteiger partial charge is 0.366 e. The predicted molar refractivity (Wildman–Crippen MR) is 150 cm³/mol. The average molecular weight is 595 g/mol. The highest BCUT2D eigenvalue weighted by Gasteiger charge is 2.56. The van der Waals surface area contributed by atoms with Gasteiger partial charge in [-0.1, -0.05) is 30.3 Å². The number of nitrogens with zero attached hydrogens (tertiary/aromatic N) is 3. The number of ether oxygens (including phenoxy) is 4. The first kappa shape index (κ1) is 29.4. The molecule has 5 rings (SSSR count). The maximum Gasteiger partial charge on any atom is 0.356 e. The number of halogens is 1. The van der Waals surface area contributed by atoms with Crippen molar-refractivity contribution in [3.63, 3.8) is 0 Å². The zero-order valence-electron chi connectivity index (χ0n) is 23.3. The number of nitrogens with one attached hydrogen (secondary N) is 1. The zero-order valence-corrected chi connectivity index (χ0v) is 24.9. The van der Waals surface area contributed by atoms with Gasteiger partial charge in [0.25, 0.3) is 0 Å². The predicted octanol–water partition coefficient (Wildman–Crippen LogP) is 5.92. The lowest BCUT2D eigenvalue weighted by Crippen LogP contribution is -2.33. The molecule has 0 radical (unpaired) electrons. The Morgan fingerprint density at radius 3 is 2.50 bits per heavy atom. The Labute approximate surface area is 238 Å². The molecule has 0 amide bonds. The molecule has 0 unspecified atom stereocenters.